The molecule has 0 aromatic heterocycles. The van der Waals surface area contributed by atoms with Gasteiger partial charge in [-0.1, -0.05) is 24.3 Å². The van der Waals surface area contributed by atoms with E-state index in [2.05, 4.69) is 16.3 Å². The van der Waals surface area contributed by atoms with Crippen LogP contribution < -0.4 is 14.8 Å². The second-order valence-corrected chi connectivity index (χ2v) is 10.5. The summed E-state index contributed by atoms with van der Waals surface area (Å²) in [5, 5.41) is 3.52. The number of nitrogens with zero attached hydrogens (tertiary/aromatic N) is 3. The van der Waals surface area contributed by atoms with E-state index in [9.17, 15) is 9.59 Å². The van der Waals surface area contributed by atoms with Crippen molar-refractivity contribution in [2.45, 2.75) is 26.1 Å². The predicted molar refractivity (Wildman–Crippen MR) is 155 cm³/mol. The minimum Gasteiger partial charge on any atom is -0.454 e. The fourth-order valence-electron chi connectivity index (χ4n) is 5.69. The topological polar surface area (TPSA) is 83.6 Å². The number of ether oxygens (including phenoxy) is 3. The molecule has 41 heavy (non-hydrogen) atoms. The van der Waals surface area contributed by atoms with Crippen molar-refractivity contribution in [3.63, 3.8) is 0 Å². The van der Waals surface area contributed by atoms with Crippen LogP contribution >= 0.6 is 0 Å². The Morgan fingerprint density at radius 2 is 1.76 bits per heavy atom. The number of carbonyl (C=O) groups is 2. The molecule has 9 nitrogen and oxygen atoms in total. The third-order valence-corrected chi connectivity index (χ3v) is 7.89. The molecule has 6 rings (SSSR count). The number of carbonyl (C=O) groups excluding carboxylic acids is 2. The number of fused-ring (bicyclic) bond motifs is 2. The van der Waals surface area contributed by atoms with E-state index in [4.69, 9.17) is 14.2 Å². The average Bonchev–Trinajstić information content (AvgIpc) is 3.58. The number of nitrogens with one attached hydrogen (secondary N) is 1. The third-order valence-electron chi connectivity index (χ3n) is 7.89. The monoisotopic (exact) mass is 556 g/mol. The third kappa shape index (κ3) is 5.87. The summed E-state index contributed by atoms with van der Waals surface area (Å²) < 4.78 is 16.4. The number of hydrogen-bond donors (Lipinski definition) is 1. The summed E-state index contributed by atoms with van der Waals surface area (Å²) in [6.07, 6.45) is 0.503. The van der Waals surface area contributed by atoms with E-state index >= 15 is 0 Å². The highest BCUT2D eigenvalue weighted by Crippen LogP contribution is 2.35. The molecular weight excluding hydrogens is 520 g/mol. The second-order valence-electron chi connectivity index (χ2n) is 10.5. The van der Waals surface area contributed by atoms with Crippen LogP contribution in [-0.2, 0) is 11.3 Å². The van der Waals surface area contributed by atoms with Crippen molar-refractivity contribution in [1.29, 1.82) is 0 Å². The first-order valence-electron chi connectivity index (χ1n) is 14.3. The van der Waals surface area contributed by atoms with Gasteiger partial charge in [0.2, 0.25) is 6.79 Å². The van der Waals surface area contributed by atoms with Crippen LogP contribution in [0.25, 0.3) is 0 Å². The van der Waals surface area contributed by atoms with Crippen molar-refractivity contribution in [3.8, 4) is 11.5 Å². The highest BCUT2D eigenvalue weighted by atomic mass is 16.7. The van der Waals surface area contributed by atoms with Crippen molar-refractivity contribution < 1.29 is 23.8 Å². The van der Waals surface area contributed by atoms with E-state index in [1.165, 1.54) is 5.56 Å². The SMILES string of the molecule is CCOCCCN1C(=O)c2ccccc2[C@H]1Nc1ccc(C(=O)N2CCN(Cc3ccc4c(c3)OCO4)CC2)cc1. The molecule has 0 spiro atoms. The molecule has 3 heterocycles. The van der Waals surface area contributed by atoms with E-state index in [1.54, 1.807) is 0 Å². The lowest BCUT2D eigenvalue weighted by Gasteiger charge is -2.35. The summed E-state index contributed by atoms with van der Waals surface area (Å²) in [7, 11) is 0. The van der Waals surface area contributed by atoms with Crippen molar-refractivity contribution in [1.82, 2.24) is 14.7 Å². The molecule has 0 aliphatic carbocycles. The molecule has 0 bridgehead atoms. The summed E-state index contributed by atoms with van der Waals surface area (Å²) in [5.41, 5.74) is 4.39. The maximum Gasteiger partial charge on any atom is 0.256 e. The Balaban J connectivity index is 1.05. The molecule has 3 aromatic carbocycles. The second kappa shape index (κ2) is 12.2. The lowest BCUT2D eigenvalue weighted by Crippen LogP contribution is -2.48. The van der Waals surface area contributed by atoms with Gasteiger partial charge >= 0.3 is 0 Å². The molecule has 214 valence electrons. The molecule has 1 atom stereocenters. The van der Waals surface area contributed by atoms with Crippen LogP contribution in [0.4, 0.5) is 5.69 Å². The Hall–Kier alpha value is -4.08. The molecule has 3 aliphatic heterocycles. The summed E-state index contributed by atoms with van der Waals surface area (Å²) in [5.74, 6) is 1.66. The van der Waals surface area contributed by atoms with Crippen LogP contribution in [0.3, 0.4) is 0 Å². The van der Waals surface area contributed by atoms with Gasteiger partial charge in [0.1, 0.15) is 6.17 Å². The van der Waals surface area contributed by atoms with Gasteiger partial charge in [-0.15, -0.1) is 0 Å². The van der Waals surface area contributed by atoms with Crippen LogP contribution in [0.5, 0.6) is 11.5 Å². The fourth-order valence-corrected chi connectivity index (χ4v) is 5.69. The van der Waals surface area contributed by atoms with E-state index < -0.39 is 0 Å². The minimum absolute atomic E-state index is 0.0269. The Bertz CT molecular complexity index is 1390. The Morgan fingerprint density at radius 1 is 0.976 bits per heavy atom. The zero-order chi connectivity index (χ0) is 28.2. The number of amides is 2. The highest BCUT2D eigenvalue weighted by Gasteiger charge is 2.36. The standard InChI is InChI=1S/C32H36N4O5/c1-2-39-19-5-14-36-30(26-6-3-4-7-27(26)32(36)38)33-25-11-9-24(10-12-25)31(37)35-17-15-34(16-18-35)21-23-8-13-28-29(20-23)41-22-40-28/h3-4,6-13,20,30,33H,2,5,14-19,21-22H2,1H3/t30-/m0/s1. The Kier molecular flexibility index (Phi) is 8.07. The first-order chi connectivity index (χ1) is 20.1. The Labute approximate surface area is 240 Å². The lowest BCUT2D eigenvalue weighted by molar-refractivity contribution is 0.0628. The van der Waals surface area contributed by atoms with Crippen molar-refractivity contribution in [3.05, 3.63) is 89.0 Å². The molecule has 0 unspecified atom stereocenters. The van der Waals surface area contributed by atoms with Crippen molar-refractivity contribution in [2.24, 2.45) is 0 Å². The summed E-state index contributed by atoms with van der Waals surface area (Å²) >= 11 is 0. The maximum atomic E-state index is 13.3. The van der Waals surface area contributed by atoms with Gasteiger partial charge in [-0.3, -0.25) is 14.5 Å². The smallest absolute Gasteiger partial charge is 0.256 e. The van der Waals surface area contributed by atoms with Crippen molar-refractivity contribution >= 4 is 17.5 Å². The molecular formula is C32H36N4O5. The van der Waals surface area contributed by atoms with Gasteiger partial charge in [0.25, 0.3) is 11.8 Å². The maximum absolute atomic E-state index is 13.3. The summed E-state index contributed by atoms with van der Waals surface area (Å²) in [6, 6.07) is 21.4. The van der Waals surface area contributed by atoms with E-state index in [1.807, 2.05) is 77.4 Å². The molecule has 0 saturated carbocycles. The minimum atomic E-state index is -0.264. The summed E-state index contributed by atoms with van der Waals surface area (Å²) in [4.78, 5) is 32.5. The number of benzene rings is 3. The van der Waals surface area contributed by atoms with Gasteiger partial charge in [-0.25, -0.2) is 0 Å². The molecule has 3 aliphatic rings. The van der Waals surface area contributed by atoms with Crippen LogP contribution in [0, 0.1) is 0 Å². The molecule has 1 saturated heterocycles. The molecule has 1 N–H and O–H groups in total. The van der Waals surface area contributed by atoms with Crippen LogP contribution in [0.15, 0.2) is 66.7 Å². The summed E-state index contributed by atoms with van der Waals surface area (Å²) in [6.45, 7) is 7.93. The van der Waals surface area contributed by atoms with E-state index in [0.29, 0.717) is 38.4 Å². The molecule has 2 amide bonds. The molecule has 1 fully saturated rings. The van der Waals surface area contributed by atoms with Crippen molar-refractivity contribution in [2.75, 3.05) is 58.0 Å². The first kappa shape index (κ1) is 27.1. The lowest BCUT2D eigenvalue weighted by atomic mass is 10.1. The van der Waals surface area contributed by atoms with Gasteiger partial charge in [0, 0.05) is 74.9 Å². The number of piperazine rings is 1. The van der Waals surface area contributed by atoms with Gasteiger partial charge in [-0.2, -0.15) is 0 Å². The van der Waals surface area contributed by atoms with Gasteiger partial charge < -0.3 is 29.3 Å². The van der Waals surface area contributed by atoms with Gasteiger partial charge in [0.05, 0.1) is 0 Å². The van der Waals surface area contributed by atoms with Crippen LogP contribution in [0.2, 0.25) is 0 Å². The average molecular weight is 557 g/mol. The predicted octanol–water partition coefficient (Wildman–Crippen LogP) is 4.37. The quantitative estimate of drug-likeness (QED) is 0.372. The van der Waals surface area contributed by atoms with E-state index in [-0.39, 0.29) is 24.8 Å². The van der Waals surface area contributed by atoms with E-state index in [0.717, 1.165) is 54.4 Å². The first-order valence-corrected chi connectivity index (χ1v) is 14.3. The number of rotatable bonds is 10. The Morgan fingerprint density at radius 3 is 2.56 bits per heavy atom. The van der Waals surface area contributed by atoms with Gasteiger partial charge in [-0.05, 0) is 61.4 Å². The van der Waals surface area contributed by atoms with Crippen LogP contribution in [0.1, 0.15) is 51.4 Å². The number of hydrogen-bond acceptors (Lipinski definition) is 7. The fraction of sp³-hybridized carbons (Fsp3) is 0.375. The normalized spacial score (nSPS) is 18.1. The largest absolute Gasteiger partial charge is 0.454 e. The molecule has 0 radical (unpaired) electrons. The van der Waals surface area contributed by atoms with Crippen LogP contribution in [-0.4, -0.2) is 79.2 Å². The highest BCUT2D eigenvalue weighted by molar-refractivity contribution is 5.99. The number of anilines is 1. The molecule has 3 aromatic rings. The van der Waals surface area contributed by atoms with Gasteiger partial charge in [0.15, 0.2) is 11.5 Å². The molecule has 9 heteroatoms. The zero-order valence-electron chi connectivity index (χ0n) is 23.4. The zero-order valence-corrected chi connectivity index (χ0v) is 23.4.